The number of hydrogen-bond acceptors (Lipinski definition) is 1. The second-order valence-electron chi connectivity index (χ2n) is 3.13. The first-order valence-corrected chi connectivity index (χ1v) is 5.07. The van der Waals surface area contributed by atoms with Crippen LogP contribution in [-0.2, 0) is 12.8 Å². The molecular formula is C11H16ClN. The van der Waals surface area contributed by atoms with Crippen molar-refractivity contribution in [3.8, 4) is 0 Å². The number of halogens is 1. The predicted molar refractivity (Wildman–Crippen MR) is 58.5 cm³/mol. The van der Waals surface area contributed by atoms with Crippen molar-refractivity contribution >= 4 is 11.6 Å². The first-order chi connectivity index (χ1) is 6.27. The Kier molecular flexibility index (Phi) is 4.26. The molecule has 1 aromatic rings. The fraction of sp³-hybridized carbons (Fsp3) is 0.455. The van der Waals surface area contributed by atoms with E-state index in [1.807, 2.05) is 7.05 Å². The molecule has 0 saturated carbocycles. The molecule has 1 rings (SSSR count). The van der Waals surface area contributed by atoms with Crippen LogP contribution in [0.25, 0.3) is 0 Å². The van der Waals surface area contributed by atoms with Gasteiger partial charge in [0.1, 0.15) is 0 Å². The van der Waals surface area contributed by atoms with Crippen molar-refractivity contribution in [3.63, 3.8) is 0 Å². The van der Waals surface area contributed by atoms with E-state index in [0.29, 0.717) is 0 Å². The number of aryl methyl sites for hydroxylation is 1. The summed E-state index contributed by atoms with van der Waals surface area (Å²) in [6.45, 7) is 3.12. The van der Waals surface area contributed by atoms with E-state index < -0.39 is 0 Å². The molecule has 0 bridgehead atoms. The van der Waals surface area contributed by atoms with Gasteiger partial charge in [-0.3, -0.25) is 0 Å². The van der Waals surface area contributed by atoms with E-state index in [1.54, 1.807) is 0 Å². The fourth-order valence-corrected chi connectivity index (χ4v) is 1.64. The van der Waals surface area contributed by atoms with E-state index in [4.69, 9.17) is 11.6 Å². The summed E-state index contributed by atoms with van der Waals surface area (Å²) >= 11 is 6.09. The van der Waals surface area contributed by atoms with Crippen LogP contribution in [0.3, 0.4) is 0 Å². The van der Waals surface area contributed by atoms with Gasteiger partial charge in [0.05, 0.1) is 0 Å². The van der Waals surface area contributed by atoms with Crippen LogP contribution in [0.1, 0.15) is 18.1 Å². The third-order valence-corrected chi connectivity index (χ3v) is 2.51. The van der Waals surface area contributed by atoms with Gasteiger partial charge in [-0.15, -0.1) is 0 Å². The Morgan fingerprint density at radius 1 is 1.38 bits per heavy atom. The number of benzene rings is 1. The molecule has 0 spiro atoms. The SMILES string of the molecule is CCc1ccc(CCNC)cc1Cl. The lowest BCUT2D eigenvalue weighted by molar-refractivity contribution is 0.791. The molecule has 2 heteroatoms. The number of nitrogens with one attached hydrogen (secondary N) is 1. The molecule has 0 amide bonds. The summed E-state index contributed by atoms with van der Waals surface area (Å²) in [5.41, 5.74) is 2.53. The van der Waals surface area contributed by atoms with Crippen molar-refractivity contribution in [2.75, 3.05) is 13.6 Å². The van der Waals surface area contributed by atoms with Crippen LogP contribution < -0.4 is 5.32 Å². The summed E-state index contributed by atoms with van der Waals surface area (Å²) in [4.78, 5) is 0. The largest absolute Gasteiger partial charge is 0.319 e. The molecule has 1 N–H and O–H groups in total. The van der Waals surface area contributed by atoms with E-state index in [2.05, 4.69) is 30.4 Å². The van der Waals surface area contributed by atoms with Crippen molar-refractivity contribution in [2.45, 2.75) is 19.8 Å². The first kappa shape index (κ1) is 10.6. The zero-order valence-electron chi connectivity index (χ0n) is 8.23. The van der Waals surface area contributed by atoms with Crippen LogP contribution in [-0.4, -0.2) is 13.6 Å². The summed E-state index contributed by atoms with van der Waals surface area (Å²) in [6.07, 6.45) is 2.05. The van der Waals surface area contributed by atoms with Crippen LogP contribution in [0.15, 0.2) is 18.2 Å². The van der Waals surface area contributed by atoms with Crippen LogP contribution >= 0.6 is 11.6 Å². The molecule has 0 unspecified atom stereocenters. The van der Waals surface area contributed by atoms with Gasteiger partial charge >= 0.3 is 0 Å². The van der Waals surface area contributed by atoms with E-state index in [-0.39, 0.29) is 0 Å². The van der Waals surface area contributed by atoms with Gasteiger partial charge in [-0.2, -0.15) is 0 Å². The average Bonchev–Trinajstić information content (AvgIpc) is 2.15. The van der Waals surface area contributed by atoms with Gasteiger partial charge in [-0.25, -0.2) is 0 Å². The second-order valence-corrected chi connectivity index (χ2v) is 3.54. The number of rotatable bonds is 4. The normalized spacial score (nSPS) is 10.4. The van der Waals surface area contributed by atoms with Crippen molar-refractivity contribution in [2.24, 2.45) is 0 Å². The Morgan fingerprint density at radius 3 is 2.69 bits per heavy atom. The van der Waals surface area contributed by atoms with Crippen molar-refractivity contribution < 1.29 is 0 Å². The van der Waals surface area contributed by atoms with Gasteiger partial charge in [-0.05, 0) is 43.6 Å². The van der Waals surface area contributed by atoms with Gasteiger partial charge in [0.2, 0.25) is 0 Å². The van der Waals surface area contributed by atoms with Gasteiger partial charge in [0.15, 0.2) is 0 Å². The zero-order valence-corrected chi connectivity index (χ0v) is 8.99. The lowest BCUT2D eigenvalue weighted by Gasteiger charge is -2.04. The molecule has 13 heavy (non-hydrogen) atoms. The monoisotopic (exact) mass is 197 g/mol. The Balaban J connectivity index is 2.71. The topological polar surface area (TPSA) is 12.0 Å². The summed E-state index contributed by atoms with van der Waals surface area (Å²) in [6, 6.07) is 6.34. The molecule has 0 aliphatic carbocycles. The first-order valence-electron chi connectivity index (χ1n) is 4.69. The average molecular weight is 198 g/mol. The molecule has 0 atom stereocenters. The molecule has 0 aliphatic rings. The maximum absolute atomic E-state index is 6.09. The Bertz CT molecular complexity index is 271. The number of hydrogen-bond donors (Lipinski definition) is 1. The molecule has 1 aromatic carbocycles. The summed E-state index contributed by atoms with van der Waals surface area (Å²) in [5.74, 6) is 0. The predicted octanol–water partition coefficient (Wildman–Crippen LogP) is 2.66. The van der Waals surface area contributed by atoms with Crippen LogP contribution in [0, 0.1) is 0 Å². The molecule has 0 heterocycles. The fourth-order valence-electron chi connectivity index (χ4n) is 1.30. The Labute approximate surface area is 85.1 Å². The maximum Gasteiger partial charge on any atom is 0.0440 e. The van der Waals surface area contributed by atoms with E-state index in [0.717, 1.165) is 24.4 Å². The van der Waals surface area contributed by atoms with Gasteiger partial charge in [0.25, 0.3) is 0 Å². The smallest absolute Gasteiger partial charge is 0.0440 e. The van der Waals surface area contributed by atoms with Crippen molar-refractivity contribution in [1.29, 1.82) is 0 Å². The highest BCUT2D eigenvalue weighted by Crippen LogP contribution is 2.18. The summed E-state index contributed by atoms with van der Waals surface area (Å²) < 4.78 is 0. The lowest BCUT2D eigenvalue weighted by Crippen LogP contribution is -2.10. The van der Waals surface area contributed by atoms with Gasteiger partial charge in [0, 0.05) is 5.02 Å². The quantitative estimate of drug-likeness (QED) is 0.783. The zero-order chi connectivity index (χ0) is 9.68. The molecule has 72 valence electrons. The highest BCUT2D eigenvalue weighted by molar-refractivity contribution is 6.31. The van der Waals surface area contributed by atoms with E-state index in [1.165, 1.54) is 11.1 Å². The summed E-state index contributed by atoms with van der Waals surface area (Å²) in [7, 11) is 1.96. The molecule has 1 nitrogen and oxygen atoms in total. The Hall–Kier alpha value is -0.530. The molecular weight excluding hydrogens is 182 g/mol. The van der Waals surface area contributed by atoms with Gasteiger partial charge < -0.3 is 5.32 Å². The van der Waals surface area contributed by atoms with E-state index >= 15 is 0 Å². The third-order valence-electron chi connectivity index (χ3n) is 2.16. The summed E-state index contributed by atoms with van der Waals surface area (Å²) in [5, 5.41) is 4.02. The highest BCUT2D eigenvalue weighted by Gasteiger charge is 1.99. The minimum atomic E-state index is 0.899. The Morgan fingerprint density at radius 2 is 2.15 bits per heavy atom. The van der Waals surface area contributed by atoms with Crippen molar-refractivity contribution in [3.05, 3.63) is 34.3 Å². The maximum atomic E-state index is 6.09. The molecule has 0 aromatic heterocycles. The minimum absolute atomic E-state index is 0.899. The molecule has 0 aliphatic heterocycles. The molecule has 0 radical (unpaired) electrons. The lowest BCUT2D eigenvalue weighted by atomic mass is 10.1. The van der Waals surface area contributed by atoms with Crippen LogP contribution in [0.5, 0.6) is 0 Å². The second kappa shape index (κ2) is 5.25. The highest BCUT2D eigenvalue weighted by atomic mass is 35.5. The van der Waals surface area contributed by atoms with Crippen molar-refractivity contribution in [1.82, 2.24) is 5.32 Å². The molecule has 0 saturated heterocycles. The van der Waals surface area contributed by atoms with Gasteiger partial charge in [-0.1, -0.05) is 30.7 Å². The standard InChI is InChI=1S/C11H16ClN/c1-3-10-5-4-9(6-7-13-2)8-11(10)12/h4-5,8,13H,3,6-7H2,1-2H3. The molecule has 0 fully saturated rings. The van der Waals surface area contributed by atoms with Crippen LogP contribution in [0.2, 0.25) is 5.02 Å². The third kappa shape index (κ3) is 3.02. The minimum Gasteiger partial charge on any atom is -0.319 e. The number of likely N-dealkylation sites (N-methyl/N-ethyl adjacent to an activating group) is 1. The van der Waals surface area contributed by atoms with Crippen LogP contribution in [0.4, 0.5) is 0 Å². The van der Waals surface area contributed by atoms with E-state index in [9.17, 15) is 0 Å².